The van der Waals surface area contributed by atoms with Crippen molar-refractivity contribution in [2.75, 3.05) is 24.7 Å². The molecular weight excluding hydrogens is 385 g/mol. The first-order valence-corrected chi connectivity index (χ1v) is 9.97. The summed E-state index contributed by atoms with van der Waals surface area (Å²) in [5.74, 6) is 0.121. The molecule has 134 valence electrons. The number of aryl methyl sites for hydroxylation is 1. The van der Waals surface area contributed by atoms with E-state index in [1.54, 1.807) is 19.1 Å². The summed E-state index contributed by atoms with van der Waals surface area (Å²) in [6.45, 7) is 2.45. The molecule has 6 nitrogen and oxygen atoms in total. The van der Waals surface area contributed by atoms with Crippen molar-refractivity contribution in [1.82, 2.24) is 10.3 Å². The Labute approximate surface area is 156 Å². The Morgan fingerprint density at radius 1 is 1.20 bits per heavy atom. The van der Waals surface area contributed by atoms with E-state index >= 15 is 0 Å². The number of aromatic nitrogens is 1. The number of carbonyl (C=O) groups is 1. The third-order valence-electron chi connectivity index (χ3n) is 3.39. The summed E-state index contributed by atoms with van der Waals surface area (Å²) in [7, 11) is -3.37. The summed E-state index contributed by atoms with van der Waals surface area (Å²) < 4.78 is 23.2. The molecule has 0 saturated heterocycles. The highest BCUT2D eigenvalue weighted by Gasteiger charge is 2.14. The van der Waals surface area contributed by atoms with E-state index in [9.17, 15) is 13.2 Å². The zero-order valence-electron chi connectivity index (χ0n) is 13.6. The molecule has 0 aliphatic carbocycles. The number of anilines is 1. The van der Waals surface area contributed by atoms with Crippen molar-refractivity contribution in [3.63, 3.8) is 0 Å². The molecule has 1 heterocycles. The van der Waals surface area contributed by atoms with Gasteiger partial charge in [-0.05, 0) is 30.7 Å². The van der Waals surface area contributed by atoms with Gasteiger partial charge in [0.25, 0.3) is 5.91 Å². The summed E-state index contributed by atoms with van der Waals surface area (Å²) in [6.07, 6.45) is 2.57. The van der Waals surface area contributed by atoms with Crippen LogP contribution in [-0.4, -0.2) is 38.7 Å². The summed E-state index contributed by atoms with van der Waals surface area (Å²) in [6, 6.07) is 6.04. The van der Waals surface area contributed by atoms with Crippen LogP contribution in [0.15, 0.2) is 35.4 Å². The predicted octanol–water partition coefficient (Wildman–Crippen LogP) is 2.94. The van der Waals surface area contributed by atoms with Gasteiger partial charge in [-0.15, -0.1) is 0 Å². The van der Waals surface area contributed by atoms with E-state index in [0.29, 0.717) is 40.1 Å². The normalized spacial score (nSPS) is 11.2. The van der Waals surface area contributed by atoms with E-state index in [-0.39, 0.29) is 10.8 Å². The zero-order valence-corrected chi connectivity index (χ0v) is 16.0. The molecule has 1 aromatic heterocycles. The van der Waals surface area contributed by atoms with Crippen LogP contribution in [0.25, 0.3) is 0 Å². The zero-order chi connectivity index (χ0) is 18.6. The molecule has 0 fully saturated rings. The SMILES string of the molecule is Cc1ccc(S(C)(=O)=O)cc1C(=O)NCCNc1ncc(Cl)cc1Cl. The van der Waals surface area contributed by atoms with Gasteiger partial charge in [-0.3, -0.25) is 4.79 Å². The predicted molar refractivity (Wildman–Crippen MR) is 99.4 cm³/mol. The molecule has 0 radical (unpaired) electrons. The molecule has 0 bridgehead atoms. The molecule has 0 saturated carbocycles. The summed E-state index contributed by atoms with van der Waals surface area (Å²) >= 11 is 11.8. The highest BCUT2D eigenvalue weighted by molar-refractivity contribution is 7.90. The van der Waals surface area contributed by atoms with E-state index in [4.69, 9.17) is 23.2 Å². The lowest BCUT2D eigenvalue weighted by molar-refractivity contribution is 0.0954. The molecule has 0 aliphatic rings. The summed E-state index contributed by atoms with van der Waals surface area (Å²) in [4.78, 5) is 16.4. The minimum Gasteiger partial charge on any atom is -0.367 e. The Hall–Kier alpha value is -1.83. The number of hydrogen-bond acceptors (Lipinski definition) is 5. The van der Waals surface area contributed by atoms with Crippen LogP contribution in [0, 0.1) is 6.92 Å². The van der Waals surface area contributed by atoms with E-state index in [1.807, 2.05) is 0 Å². The highest BCUT2D eigenvalue weighted by atomic mass is 35.5. The van der Waals surface area contributed by atoms with Crippen molar-refractivity contribution in [2.45, 2.75) is 11.8 Å². The largest absolute Gasteiger partial charge is 0.367 e. The fourth-order valence-corrected chi connectivity index (χ4v) is 3.17. The van der Waals surface area contributed by atoms with E-state index in [2.05, 4.69) is 15.6 Å². The van der Waals surface area contributed by atoms with Gasteiger partial charge in [0, 0.05) is 31.1 Å². The Kier molecular flexibility index (Phi) is 6.26. The van der Waals surface area contributed by atoms with Crippen LogP contribution in [0.4, 0.5) is 5.82 Å². The number of nitrogens with one attached hydrogen (secondary N) is 2. The monoisotopic (exact) mass is 401 g/mol. The second kappa shape index (κ2) is 8.03. The lowest BCUT2D eigenvalue weighted by Gasteiger charge is -2.11. The van der Waals surface area contributed by atoms with E-state index in [1.165, 1.54) is 18.3 Å². The van der Waals surface area contributed by atoms with Gasteiger partial charge in [0.05, 0.1) is 14.9 Å². The van der Waals surface area contributed by atoms with Crippen molar-refractivity contribution in [3.05, 3.63) is 51.6 Å². The Morgan fingerprint density at radius 3 is 2.56 bits per heavy atom. The minimum atomic E-state index is -3.37. The molecule has 1 amide bonds. The highest BCUT2D eigenvalue weighted by Crippen LogP contribution is 2.22. The second-order valence-electron chi connectivity index (χ2n) is 5.42. The molecule has 0 atom stereocenters. The number of pyridine rings is 1. The van der Waals surface area contributed by atoms with Gasteiger partial charge in [0.15, 0.2) is 9.84 Å². The maximum absolute atomic E-state index is 12.3. The first kappa shape index (κ1) is 19.5. The minimum absolute atomic E-state index is 0.110. The first-order chi connectivity index (χ1) is 11.7. The summed E-state index contributed by atoms with van der Waals surface area (Å²) in [5, 5.41) is 6.53. The van der Waals surface area contributed by atoms with Gasteiger partial charge in [-0.1, -0.05) is 29.3 Å². The van der Waals surface area contributed by atoms with Gasteiger partial charge in [-0.25, -0.2) is 13.4 Å². The number of sulfone groups is 1. The summed E-state index contributed by atoms with van der Waals surface area (Å²) in [5.41, 5.74) is 1.02. The van der Waals surface area contributed by atoms with Crippen molar-refractivity contribution < 1.29 is 13.2 Å². The molecule has 0 spiro atoms. The van der Waals surface area contributed by atoms with Crippen LogP contribution in [-0.2, 0) is 9.84 Å². The fourth-order valence-electron chi connectivity index (χ4n) is 2.07. The van der Waals surface area contributed by atoms with Crippen molar-refractivity contribution in [1.29, 1.82) is 0 Å². The van der Waals surface area contributed by atoms with Crippen molar-refractivity contribution >= 4 is 44.8 Å². The van der Waals surface area contributed by atoms with Crippen LogP contribution in [0.1, 0.15) is 15.9 Å². The molecule has 0 aliphatic heterocycles. The fraction of sp³-hybridized carbons (Fsp3) is 0.250. The van der Waals surface area contributed by atoms with Gasteiger partial charge in [0.1, 0.15) is 5.82 Å². The average molecular weight is 402 g/mol. The molecule has 2 aromatic rings. The Bertz CT molecular complexity index is 901. The van der Waals surface area contributed by atoms with Crippen LogP contribution < -0.4 is 10.6 Å². The number of rotatable bonds is 6. The average Bonchev–Trinajstić information content (AvgIpc) is 2.52. The van der Waals surface area contributed by atoms with Gasteiger partial charge in [0.2, 0.25) is 0 Å². The van der Waals surface area contributed by atoms with Crippen LogP contribution in [0.2, 0.25) is 10.0 Å². The molecule has 1 aromatic carbocycles. The first-order valence-electron chi connectivity index (χ1n) is 7.32. The Morgan fingerprint density at radius 2 is 1.92 bits per heavy atom. The number of halogens is 2. The quantitative estimate of drug-likeness (QED) is 0.726. The van der Waals surface area contributed by atoms with Gasteiger partial charge >= 0.3 is 0 Å². The standard InChI is InChI=1S/C16H17Cl2N3O3S/c1-10-3-4-12(25(2,23)24)8-13(10)16(22)20-6-5-19-15-14(18)7-11(17)9-21-15/h3-4,7-9H,5-6H2,1-2H3,(H,19,21)(H,20,22). The maximum Gasteiger partial charge on any atom is 0.251 e. The van der Waals surface area contributed by atoms with Crippen molar-refractivity contribution in [3.8, 4) is 0 Å². The molecule has 2 N–H and O–H groups in total. The lowest BCUT2D eigenvalue weighted by Crippen LogP contribution is -2.29. The van der Waals surface area contributed by atoms with Crippen molar-refractivity contribution in [2.24, 2.45) is 0 Å². The third-order valence-corrected chi connectivity index (χ3v) is 5.00. The van der Waals surface area contributed by atoms with Gasteiger partial charge in [-0.2, -0.15) is 0 Å². The van der Waals surface area contributed by atoms with Crippen LogP contribution in [0.5, 0.6) is 0 Å². The van der Waals surface area contributed by atoms with E-state index < -0.39 is 9.84 Å². The third kappa shape index (κ3) is 5.32. The molecule has 0 unspecified atom stereocenters. The topological polar surface area (TPSA) is 88.2 Å². The van der Waals surface area contributed by atoms with Crippen LogP contribution >= 0.6 is 23.2 Å². The smallest absolute Gasteiger partial charge is 0.251 e. The lowest BCUT2D eigenvalue weighted by atomic mass is 10.1. The maximum atomic E-state index is 12.3. The second-order valence-corrected chi connectivity index (χ2v) is 8.27. The molecule has 25 heavy (non-hydrogen) atoms. The van der Waals surface area contributed by atoms with Crippen LogP contribution in [0.3, 0.4) is 0 Å². The number of benzene rings is 1. The number of hydrogen-bond donors (Lipinski definition) is 2. The number of amides is 1. The number of carbonyl (C=O) groups excluding carboxylic acids is 1. The van der Waals surface area contributed by atoms with Gasteiger partial charge < -0.3 is 10.6 Å². The molecule has 9 heteroatoms. The van der Waals surface area contributed by atoms with E-state index in [0.717, 1.165) is 6.26 Å². The molecule has 2 rings (SSSR count). The number of nitrogens with zero attached hydrogens (tertiary/aromatic N) is 1. The molecular formula is C16H17Cl2N3O3S. The Balaban J connectivity index is 1.96.